The van der Waals surface area contributed by atoms with Gasteiger partial charge in [-0.2, -0.15) is 0 Å². The lowest BCUT2D eigenvalue weighted by molar-refractivity contribution is 0.102. The lowest BCUT2D eigenvalue weighted by Crippen LogP contribution is -2.20. The van der Waals surface area contributed by atoms with Crippen molar-refractivity contribution < 1.29 is 4.79 Å². The van der Waals surface area contributed by atoms with Crippen molar-refractivity contribution in [1.29, 1.82) is 0 Å². The number of aromatic nitrogens is 4. The number of carbonyl (C=O) groups excluding carboxylic acids is 1. The zero-order valence-corrected chi connectivity index (χ0v) is 18.2. The summed E-state index contributed by atoms with van der Waals surface area (Å²) in [5, 5.41) is 10.1. The second-order valence-electron chi connectivity index (χ2n) is 7.00. The number of aromatic amines is 1. The molecule has 3 aromatic rings. The normalized spacial score (nSPS) is 12.5. The van der Waals surface area contributed by atoms with E-state index in [-0.39, 0.29) is 11.8 Å². The molecule has 0 aliphatic carbocycles. The van der Waals surface area contributed by atoms with Gasteiger partial charge in [-0.05, 0) is 65.2 Å². The molecule has 2 heterocycles. The van der Waals surface area contributed by atoms with Crippen LogP contribution in [0.4, 0.5) is 0 Å². The van der Waals surface area contributed by atoms with E-state index < -0.39 is 0 Å². The van der Waals surface area contributed by atoms with Crippen LogP contribution in [0.1, 0.15) is 40.5 Å². The third kappa shape index (κ3) is 4.32. The third-order valence-electron chi connectivity index (χ3n) is 4.67. The summed E-state index contributed by atoms with van der Waals surface area (Å²) in [5.74, 6) is 1.18. The highest BCUT2D eigenvalue weighted by Gasteiger charge is 2.22. The van der Waals surface area contributed by atoms with Gasteiger partial charge in [0.05, 0.1) is 11.8 Å². The van der Waals surface area contributed by atoms with E-state index in [0.29, 0.717) is 15.9 Å². The van der Waals surface area contributed by atoms with Crippen LogP contribution in [0.3, 0.4) is 0 Å². The first kappa shape index (κ1) is 20.6. The Labute approximate surface area is 174 Å². The van der Waals surface area contributed by atoms with Gasteiger partial charge in [0.15, 0.2) is 16.8 Å². The zero-order valence-electron chi connectivity index (χ0n) is 16.7. The zero-order chi connectivity index (χ0) is 20.4. The van der Waals surface area contributed by atoms with Crippen molar-refractivity contribution in [1.82, 2.24) is 24.6 Å². The first-order valence-corrected chi connectivity index (χ1v) is 10.3. The minimum atomic E-state index is 0.0581. The highest BCUT2D eigenvalue weighted by molar-refractivity contribution is 7.99. The number of rotatable bonds is 7. The number of nitrogens with zero attached hydrogens (tertiary/aromatic N) is 4. The Hall–Kier alpha value is -2.09. The Morgan fingerprint density at radius 1 is 1.25 bits per heavy atom. The highest BCUT2D eigenvalue weighted by Crippen LogP contribution is 2.28. The minimum Gasteiger partial charge on any atom is -0.362 e. The van der Waals surface area contributed by atoms with Gasteiger partial charge in [-0.25, -0.2) is 0 Å². The van der Waals surface area contributed by atoms with Crippen molar-refractivity contribution in [2.24, 2.45) is 0 Å². The van der Waals surface area contributed by atoms with Crippen LogP contribution in [0.5, 0.6) is 0 Å². The molecule has 0 radical (unpaired) electrons. The highest BCUT2D eigenvalue weighted by atomic mass is 35.5. The largest absolute Gasteiger partial charge is 0.362 e. The van der Waals surface area contributed by atoms with Crippen LogP contribution in [0, 0.1) is 13.8 Å². The predicted molar refractivity (Wildman–Crippen MR) is 114 cm³/mol. The van der Waals surface area contributed by atoms with Gasteiger partial charge in [0.25, 0.3) is 0 Å². The average molecular weight is 418 g/mol. The maximum absolute atomic E-state index is 12.7. The number of H-pyrrole nitrogens is 1. The van der Waals surface area contributed by atoms with Gasteiger partial charge in [0.1, 0.15) is 0 Å². The minimum absolute atomic E-state index is 0.0581. The predicted octanol–water partition coefficient (Wildman–Crippen LogP) is 4.46. The van der Waals surface area contributed by atoms with Gasteiger partial charge >= 0.3 is 0 Å². The number of Topliss-reactive ketones (excluding diaryl/α,β-unsaturated/α-hetero) is 1. The van der Waals surface area contributed by atoms with Crippen molar-refractivity contribution in [2.75, 3.05) is 19.8 Å². The number of ketones is 1. The second kappa shape index (κ2) is 8.51. The Morgan fingerprint density at radius 2 is 1.93 bits per heavy atom. The number of aryl methyl sites for hydroxylation is 2. The topological polar surface area (TPSA) is 66.8 Å². The second-order valence-corrected chi connectivity index (χ2v) is 8.37. The molecule has 0 fully saturated rings. The molecule has 0 saturated carbocycles. The molecule has 6 nitrogen and oxygen atoms in total. The van der Waals surface area contributed by atoms with Crippen molar-refractivity contribution in [3.05, 3.63) is 58.1 Å². The molecule has 0 saturated heterocycles. The van der Waals surface area contributed by atoms with E-state index in [9.17, 15) is 4.79 Å². The van der Waals surface area contributed by atoms with Gasteiger partial charge < -0.3 is 4.98 Å². The number of hydrogen-bond acceptors (Lipinski definition) is 5. The van der Waals surface area contributed by atoms with Crippen molar-refractivity contribution in [3.63, 3.8) is 0 Å². The van der Waals surface area contributed by atoms with Gasteiger partial charge in [-0.1, -0.05) is 23.4 Å². The van der Waals surface area contributed by atoms with E-state index >= 15 is 0 Å². The lowest BCUT2D eigenvalue weighted by Gasteiger charge is -2.20. The first-order chi connectivity index (χ1) is 13.3. The maximum Gasteiger partial charge on any atom is 0.196 e. The van der Waals surface area contributed by atoms with Gasteiger partial charge in [-0.15, -0.1) is 10.2 Å². The Morgan fingerprint density at radius 3 is 2.50 bits per heavy atom. The van der Waals surface area contributed by atoms with Crippen LogP contribution in [0.15, 0.2) is 35.5 Å². The molecule has 28 heavy (non-hydrogen) atoms. The van der Waals surface area contributed by atoms with Gasteiger partial charge in [0.2, 0.25) is 0 Å². The molecule has 0 amide bonds. The summed E-state index contributed by atoms with van der Waals surface area (Å²) in [5.41, 5.74) is 3.52. The SMILES string of the molecule is Cc1cc(C(=O)CSc2nnc(C(C)N(C)C)n2-c2ccc(Cl)cc2)c(C)[nH]1. The van der Waals surface area contributed by atoms with E-state index in [1.54, 1.807) is 0 Å². The van der Waals surface area contributed by atoms with Crippen LogP contribution >= 0.6 is 23.4 Å². The lowest BCUT2D eigenvalue weighted by atomic mass is 10.2. The molecule has 148 valence electrons. The molecule has 0 aliphatic rings. The summed E-state index contributed by atoms with van der Waals surface area (Å²) in [7, 11) is 4.00. The van der Waals surface area contributed by atoms with Crippen LogP contribution in [-0.2, 0) is 0 Å². The van der Waals surface area contributed by atoms with Crippen LogP contribution in [0.2, 0.25) is 5.02 Å². The van der Waals surface area contributed by atoms with E-state index in [2.05, 4.69) is 27.0 Å². The molecule has 0 aliphatic heterocycles. The van der Waals surface area contributed by atoms with Crippen LogP contribution < -0.4 is 0 Å². The molecule has 1 unspecified atom stereocenters. The maximum atomic E-state index is 12.7. The number of thioether (sulfide) groups is 1. The molecule has 0 bridgehead atoms. The van der Waals surface area contributed by atoms with E-state index in [1.165, 1.54) is 11.8 Å². The fraction of sp³-hybridized carbons (Fsp3) is 0.350. The van der Waals surface area contributed by atoms with Crippen LogP contribution in [0.25, 0.3) is 5.69 Å². The fourth-order valence-corrected chi connectivity index (χ4v) is 3.90. The number of hydrogen-bond donors (Lipinski definition) is 1. The molecular formula is C20H24ClN5OS. The Kier molecular flexibility index (Phi) is 6.27. The monoisotopic (exact) mass is 417 g/mol. The molecule has 3 rings (SSSR count). The smallest absolute Gasteiger partial charge is 0.196 e. The number of halogens is 1. The molecule has 2 aromatic heterocycles. The molecule has 1 atom stereocenters. The summed E-state index contributed by atoms with van der Waals surface area (Å²) < 4.78 is 1.99. The van der Waals surface area contributed by atoms with Gasteiger partial charge in [0, 0.05) is 27.7 Å². The number of benzene rings is 1. The van der Waals surface area contributed by atoms with Crippen molar-refractivity contribution in [3.8, 4) is 5.69 Å². The molecule has 1 aromatic carbocycles. The van der Waals surface area contributed by atoms with Crippen LogP contribution in [-0.4, -0.2) is 50.3 Å². The van der Waals surface area contributed by atoms with E-state index in [1.807, 2.05) is 62.8 Å². The third-order valence-corrected chi connectivity index (χ3v) is 5.85. The Balaban J connectivity index is 1.91. The number of carbonyl (C=O) groups is 1. The summed E-state index contributed by atoms with van der Waals surface area (Å²) in [6, 6.07) is 9.50. The van der Waals surface area contributed by atoms with Gasteiger partial charge in [-0.3, -0.25) is 14.3 Å². The quantitative estimate of drug-likeness (QED) is 0.454. The van der Waals surface area contributed by atoms with E-state index in [0.717, 1.165) is 28.5 Å². The molecule has 0 spiro atoms. The summed E-state index contributed by atoms with van der Waals surface area (Å²) in [6.07, 6.45) is 0. The average Bonchev–Trinajstić information content (AvgIpc) is 3.22. The summed E-state index contributed by atoms with van der Waals surface area (Å²) in [6.45, 7) is 5.93. The molecule has 8 heteroatoms. The standard InChI is InChI=1S/C20H24ClN5OS/c1-12-10-17(13(2)22-12)18(27)11-28-20-24-23-19(14(3)25(4)5)26(20)16-8-6-15(21)7-9-16/h6-10,14,22H,11H2,1-5H3. The summed E-state index contributed by atoms with van der Waals surface area (Å²) >= 11 is 7.44. The number of nitrogens with one attached hydrogen (secondary N) is 1. The first-order valence-electron chi connectivity index (χ1n) is 8.97. The molecule has 1 N–H and O–H groups in total. The molecular weight excluding hydrogens is 394 g/mol. The van der Waals surface area contributed by atoms with E-state index in [4.69, 9.17) is 11.6 Å². The summed E-state index contributed by atoms with van der Waals surface area (Å²) in [4.78, 5) is 17.9. The Bertz CT molecular complexity index is 977. The van der Waals surface area contributed by atoms with Crippen molar-refractivity contribution >= 4 is 29.1 Å². The fourth-order valence-electron chi connectivity index (χ4n) is 2.93. The van der Waals surface area contributed by atoms with Crippen molar-refractivity contribution in [2.45, 2.75) is 32.0 Å².